The predicted octanol–water partition coefficient (Wildman–Crippen LogP) is 3.95. The molecule has 11 heteroatoms. The molecule has 24 heavy (non-hydrogen) atoms. The molecule has 0 unspecified atom stereocenters. The van der Waals surface area contributed by atoms with Crippen molar-refractivity contribution in [1.82, 2.24) is 9.78 Å². The van der Waals surface area contributed by atoms with Gasteiger partial charge in [-0.25, -0.2) is 0 Å². The molecular formula is C13H9ClF5N3O2. The number of amides is 1. The van der Waals surface area contributed by atoms with E-state index in [1.54, 1.807) is 0 Å². The van der Waals surface area contributed by atoms with Gasteiger partial charge < -0.3 is 10.1 Å². The van der Waals surface area contributed by atoms with Gasteiger partial charge in [0.15, 0.2) is 5.69 Å². The first-order valence-corrected chi connectivity index (χ1v) is 6.62. The van der Waals surface area contributed by atoms with Crippen LogP contribution in [0.5, 0.6) is 5.75 Å². The molecule has 0 radical (unpaired) electrons. The lowest BCUT2D eigenvalue weighted by Crippen LogP contribution is -2.13. The molecule has 0 saturated carbocycles. The quantitative estimate of drug-likeness (QED) is 0.830. The van der Waals surface area contributed by atoms with E-state index in [0.29, 0.717) is 10.7 Å². The van der Waals surface area contributed by atoms with Crippen molar-refractivity contribution in [3.63, 3.8) is 0 Å². The Hall–Kier alpha value is -2.36. The van der Waals surface area contributed by atoms with Gasteiger partial charge in [0.1, 0.15) is 11.4 Å². The Bertz CT molecular complexity index is 761. The van der Waals surface area contributed by atoms with Crippen molar-refractivity contribution >= 4 is 23.2 Å². The fourth-order valence-corrected chi connectivity index (χ4v) is 2.03. The molecule has 0 aliphatic heterocycles. The second-order valence-electron chi connectivity index (χ2n) is 4.51. The lowest BCUT2D eigenvalue weighted by molar-refractivity contribution is -0.143. The number of benzene rings is 1. The highest BCUT2D eigenvalue weighted by molar-refractivity contribution is 6.32. The molecule has 1 aromatic heterocycles. The lowest BCUT2D eigenvalue weighted by atomic mass is 10.2. The van der Waals surface area contributed by atoms with Crippen LogP contribution in [0.2, 0.25) is 5.02 Å². The molecule has 1 aromatic carbocycles. The normalized spacial score (nSPS) is 11.7. The third kappa shape index (κ3) is 4.13. The SMILES string of the molecule is Cn1nc(C(=O)Nc2ccc(OC(F)F)c(Cl)c2)cc1C(F)(F)F. The zero-order valence-corrected chi connectivity index (χ0v) is 12.6. The minimum atomic E-state index is -4.65. The van der Waals surface area contributed by atoms with Gasteiger partial charge >= 0.3 is 12.8 Å². The number of ether oxygens (including phenoxy) is 1. The van der Waals surface area contributed by atoms with Crippen LogP contribution in [0, 0.1) is 0 Å². The van der Waals surface area contributed by atoms with Crippen LogP contribution in [0.3, 0.4) is 0 Å². The summed E-state index contributed by atoms with van der Waals surface area (Å²) in [6, 6.07) is 3.99. The predicted molar refractivity (Wildman–Crippen MR) is 74.2 cm³/mol. The molecule has 0 saturated heterocycles. The Labute approximate surface area is 137 Å². The monoisotopic (exact) mass is 369 g/mol. The average Bonchev–Trinajstić information content (AvgIpc) is 2.83. The molecule has 0 spiro atoms. The van der Waals surface area contributed by atoms with Crippen LogP contribution in [0.15, 0.2) is 24.3 Å². The largest absolute Gasteiger partial charge is 0.433 e. The van der Waals surface area contributed by atoms with Gasteiger partial charge in [0, 0.05) is 18.8 Å². The van der Waals surface area contributed by atoms with Gasteiger partial charge in [0.2, 0.25) is 0 Å². The lowest BCUT2D eigenvalue weighted by Gasteiger charge is -2.09. The number of rotatable bonds is 4. The van der Waals surface area contributed by atoms with E-state index in [4.69, 9.17) is 11.6 Å². The van der Waals surface area contributed by atoms with Gasteiger partial charge in [-0.2, -0.15) is 27.1 Å². The number of carbonyl (C=O) groups excluding carboxylic acids is 1. The number of hydrogen-bond donors (Lipinski definition) is 1. The first-order valence-electron chi connectivity index (χ1n) is 6.25. The first kappa shape index (κ1) is 18.0. The van der Waals surface area contributed by atoms with Crippen molar-refractivity contribution in [2.45, 2.75) is 12.8 Å². The first-order chi connectivity index (χ1) is 11.1. The summed E-state index contributed by atoms with van der Waals surface area (Å²) in [5, 5.41) is 5.54. The smallest absolute Gasteiger partial charge is 0.433 e. The maximum Gasteiger partial charge on any atom is 0.433 e. The third-order valence-electron chi connectivity index (χ3n) is 2.81. The summed E-state index contributed by atoms with van der Waals surface area (Å²) < 4.78 is 66.9. The molecule has 2 aromatic rings. The summed E-state index contributed by atoms with van der Waals surface area (Å²) in [4.78, 5) is 11.9. The number of carbonyl (C=O) groups is 1. The summed E-state index contributed by atoms with van der Waals surface area (Å²) in [5.41, 5.74) is -1.48. The van der Waals surface area contributed by atoms with E-state index >= 15 is 0 Å². The van der Waals surface area contributed by atoms with Crippen molar-refractivity contribution in [2.75, 3.05) is 5.32 Å². The van der Waals surface area contributed by atoms with Gasteiger partial charge in [-0.15, -0.1) is 0 Å². The van der Waals surface area contributed by atoms with E-state index in [-0.39, 0.29) is 16.5 Å². The van der Waals surface area contributed by atoms with Crippen LogP contribution in [-0.2, 0) is 13.2 Å². The Morgan fingerprint density at radius 1 is 1.33 bits per heavy atom. The van der Waals surface area contributed by atoms with E-state index < -0.39 is 30.1 Å². The topological polar surface area (TPSA) is 56.2 Å². The zero-order valence-electron chi connectivity index (χ0n) is 11.9. The summed E-state index contributed by atoms with van der Waals surface area (Å²) in [6.45, 7) is -3.07. The molecule has 0 bridgehead atoms. The maximum atomic E-state index is 12.7. The number of aromatic nitrogens is 2. The molecule has 0 aliphatic rings. The third-order valence-corrected chi connectivity index (χ3v) is 3.10. The van der Waals surface area contributed by atoms with Crippen molar-refractivity contribution in [3.8, 4) is 5.75 Å². The van der Waals surface area contributed by atoms with Crippen molar-refractivity contribution in [3.05, 3.63) is 40.7 Å². The van der Waals surface area contributed by atoms with Crippen LogP contribution >= 0.6 is 11.6 Å². The Kier molecular flexibility index (Phi) is 4.97. The molecule has 130 valence electrons. The van der Waals surface area contributed by atoms with Crippen molar-refractivity contribution < 1.29 is 31.5 Å². The second-order valence-corrected chi connectivity index (χ2v) is 4.92. The summed E-state index contributed by atoms with van der Waals surface area (Å²) >= 11 is 5.71. The average molecular weight is 370 g/mol. The summed E-state index contributed by atoms with van der Waals surface area (Å²) in [7, 11) is 1.05. The Morgan fingerprint density at radius 2 is 2.00 bits per heavy atom. The van der Waals surface area contributed by atoms with Gasteiger partial charge in [-0.3, -0.25) is 9.48 Å². The number of alkyl halides is 5. The van der Waals surface area contributed by atoms with Crippen LogP contribution in [0.4, 0.5) is 27.6 Å². The Balaban J connectivity index is 2.17. The van der Waals surface area contributed by atoms with Crippen LogP contribution in [-0.4, -0.2) is 22.3 Å². The number of halogens is 6. The second kappa shape index (κ2) is 6.63. The highest BCUT2D eigenvalue weighted by Crippen LogP contribution is 2.30. The molecular weight excluding hydrogens is 361 g/mol. The molecule has 0 aliphatic carbocycles. The maximum absolute atomic E-state index is 12.7. The highest BCUT2D eigenvalue weighted by Gasteiger charge is 2.35. The van der Waals surface area contributed by atoms with Crippen LogP contribution < -0.4 is 10.1 Å². The van der Waals surface area contributed by atoms with Gasteiger partial charge in [-0.1, -0.05) is 11.6 Å². The number of nitrogens with one attached hydrogen (secondary N) is 1. The van der Waals surface area contributed by atoms with E-state index in [1.807, 2.05) is 0 Å². The molecule has 1 heterocycles. The van der Waals surface area contributed by atoms with Gasteiger partial charge in [-0.05, 0) is 18.2 Å². The van der Waals surface area contributed by atoms with Gasteiger partial charge in [0.05, 0.1) is 5.02 Å². The number of anilines is 1. The minimum Gasteiger partial charge on any atom is -0.433 e. The van der Waals surface area contributed by atoms with Crippen molar-refractivity contribution in [1.29, 1.82) is 0 Å². The van der Waals surface area contributed by atoms with E-state index in [9.17, 15) is 26.7 Å². The fourth-order valence-electron chi connectivity index (χ4n) is 1.81. The number of nitrogens with zero attached hydrogens (tertiary/aromatic N) is 2. The zero-order chi connectivity index (χ0) is 18.1. The van der Waals surface area contributed by atoms with Gasteiger partial charge in [0.25, 0.3) is 5.91 Å². The number of aryl methyl sites for hydroxylation is 1. The summed E-state index contributed by atoms with van der Waals surface area (Å²) in [6.07, 6.45) is -4.65. The summed E-state index contributed by atoms with van der Waals surface area (Å²) in [5.74, 6) is -1.22. The Morgan fingerprint density at radius 3 is 2.50 bits per heavy atom. The highest BCUT2D eigenvalue weighted by atomic mass is 35.5. The molecule has 1 amide bonds. The van der Waals surface area contributed by atoms with E-state index in [2.05, 4.69) is 15.2 Å². The van der Waals surface area contributed by atoms with Crippen LogP contribution in [0.1, 0.15) is 16.2 Å². The number of hydrogen-bond acceptors (Lipinski definition) is 3. The molecule has 1 N–H and O–H groups in total. The minimum absolute atomic E-state index is 0.0748. The fraction of sp³-hybridized carbons (Fsp3) is 0.231. The van der Waals surface area contributed by atoms with E-state index in [1.165, 1.54) is 6.07 Å². The van der Waals surface area contributed by atoms with Crippen molar-refractivity contribution in [2.24, 2.45) is 7.05 Å². The molecule has 0 atom stereocenters. The standard InChI is InChI=1S/C13H9ClF5N3O2/c1-22-10(13(17,18)19)5-8(21-22)11(23)20-6-2-3-9(7(14)4-6)24-12(15)16/h2-5,12H,1H3,(H,20,23). The molecule has 2 rings (SSSR count). The molecule has 0 fully saturated rings. The van der Waals surface area contributed by atoms with Crippen LogP contribution in [0.25, 0.3) is 0 Å². The van der Waals surface area contributed by atoms with E-state index in [0.717, 1.165) is 19.2 Å². The molecule has 5 nitrogen and oxygen atoms in total.